The fourth-order valence-corrected chi connectivity index (χ4v) is 0.974. The van der Waals surface area contributed by atoms with Crippen molar-refractivity contribution in [2.75, 3.05) is 11.9 Å². The number of unbranched alkanes of at least 4 members (excludes halogenated alkanes) is 2. The molecule has 2 N–H and O–H groups in total. The van der Waals surface area contributed by atoms with Gasteiger partial charge in [0, 0.05) is 6.54 Å². The van der Waals surface area contributed by atoms with Gasteiger partial charge in [-0.15, -0.1) is 10.2 Å². The van der Waals surface area contributed by atoms with Crippen molar-refractivity contribution in [1.82, 2.24) is 15.2 Å². The molecule has 0 aliphatic heterocycles. The molecule has 0 fully saturated rings. The average Bonchev–Trinajstić information content (AvgIpc) is 2.13. The van der Waals surface area contributed by atoms with Gasteiger partial charge in [-0.05, 0) is 6.42 Å². The average molecular weight is 182 g/mol. The first kappa shape index (κ1) is 9.70. The van der Waals surface area contributed by atoms with Crippen LogP contribution in [0, 0.1) is 0 Å². The summed E-state index contributed by atoms with van der Waals surface area (Å²) >= 11 is 0. The summed E-state index contributed by atoms with van der Waals surface area (Å²) in [4.78, 5) is 13.3. The highest BCUT2D eigenvalue weighted by atomic mass is 16.1. The lowest BCUT2D eigenvalue weighted by molar-refractivity contribution is 0.737. The summed E-state index contributed by atoms with van der Waals surface area (Å²) in [6, 6.07) is 0. The van der Waals surface area contributed by atoms with Gasteiger partial charge in [0.05, 0.1) is 0 Å². The Labute approximate surface area is 76.6 Å². The van der Waals surface area contributed by atoms with E-state index in [1.165, 1.54) is 12.8 Å². The smallest absolute Gasteiger partial charge is 0.271 e. The molecular formula is C8H14N4O. The van der Waals surface area contributed by atoms with Crippen molar-refractivity contribution in [1.29, 1.82) is 0 Å². The second-order valence-electron chi connectivity index (χ2n) is 2.82. The first-order chi connectivity index (χ1) is 6.33. The molecular weight excluding hydrogens is 168 g/mol. The Hall–Kier alpha value is -1.39. The van der Waals surface area contributed by atoms with Crippen LogP contribution in [0.1, 0.15) is 26.2 Å². The van der Waals surface area contributed by atoms with Crippen molar-refractivity contribution >= 4 is 5.95 Å². The number of aromatic nitrogens is 3. The topological polar surface area (TPSA) is 70.7 Å². The molecule has 5 nitrogen and oxygen atoms in total. The number of hydrogen-bond acceptors (Lipinski definition) is 4. The molecule has 0 radical (unpaired) electrons. The predicted octanol–water partition coefficient (Wildman–Crippen LogP) is 0.767. The molecule has 13 heavy (non-hydrogen) atoms. The van der Waals surface area contributed by atoms with Crippen molar-refractivity contribution in [3.63, 3.8) is 0 Å². The third-order valence-corrected chi connectivity index (χ3v) is 1.65. The lowest BCUT2D eigenvalue weighted by Crippen LogP contribution is -2.13. The fourth-order valence-electron chi connectivity index (χ4n) is 0.974. The molecule has 0 spiro atoms. The minimum absolute atomic E-state index is 0.229. The lowest BCUT2D eigenvalue weighted by Gasteiger charge is -2.01. The summed E-state index contributed by atoms with van der Waals surface area (Å²) in [5.74, 6) is 0.448. The number of nitrogens with zero attached hydrogens (tertiary/aromatic N) is 2. The van der Waals surface area contributed by atoms with Gasteiger partial charge in [0.15, 0.2) is 0 Å². The van der Waals surface area contributed by atoms with Crippen LogP contribution in [-0.4, -0.2) is 21.7 Å². The summed E-state index contributed by atoms with van der Waals surface area (Å²) in [5.41, 5.74) is -0.229. The van der Waals surface area contributed by atoms with Crippen molar-refractivity contribution in [3.8, 4) is 0 Å². The molecule has 72 valence electrons. The molecule has 1 rings (SSSR count). The molecule has 0 aromatic carbocycles. The lowest BCUT2D eigenvalue weighted by atomic mass is 10.2. The van der Waals surface area contributed by atoms with Crippen LogP contribution in [0.5, 0.6) is 0 Å². The zero-order valence-corrected chi connectivity index (χ0v) is 7.71. The van der Waals surface area contributed by atoms with E-state index in [1.54, 1.807) is 0 Å². The normalized spacial score (nSPS) is 9.92. The molecule has 0 amide bonds. The third kappa shape index (κ3) is 3.68. The zero-order valence-electron chi connectivity index (χ0n) is 7.71. The number of anilines is 1. The van der Waals surface area contributed by atoms with Crippen molar-refractivity contribution in [2.45, 2.75) is 26.2 Å². The van der Waals surface area contributed by atoms with Gasteiger partial charge < -0.3 is 5.32 Å². The fraction of sp³-hybridized carbons (Fsp3) is 0.625. The summed E-state index contributed by atoms with van der Waals surface area (Å²) in [6.07, 6.45) is 4.59. The van der Waals surface area contributed by atoms with Crippen LogP contribution < -0.4 is 10.9 Å². The van der Waals surface area contributed by atoms with Gasteiger partial charge in [-0.25, -0.2) is 0 Å². The Bertz CT molecular complexity index is 296. The Morgan fingerprint density at radius 2 is 2.38 bits per heavy atom. The van der Waals surface area contributed by atoms with Gasteiger partial charge in [-0.2, -0.15) is 0 Å². The minimum atomic E-state index is -0.229. The van der Waals surface area contributed by atoms with Gasteiger partial charge >= 0.3 is 0 Å². The van der Waals surface area contributed by atoms with Gasteiger partial charge in [0.2, 0.25) is 5.95 Å². The minimum Gasteiger partial charge on any atom is -0.354 e. The number of rotatable bonds is 5. The first-order valence-corrected chi connectivity index (χ1v) is 4.49. The van der Waals surface area contributed by atoms with Gasteiger partial charge in [-0.3, -0.25) is 9.78 Å². The van der Waals surface area contributed by atoms with Crippen LogP contribution in [0.15, 0.2) is 11.0 Å². The highest BCUT2D eigenvalue weighted by Crippen LogP contribution is 1.95. The molecule has 0 aliphatic carbocycles. The van der Waals surface area contributed by atoms with E-state index in [9.17, 15) is 4.79 Å². The van der Waals surface area contributed by atoms with Crippen LogP contribution in [0.3, 0.4) is 0 Å². The van der Waals surface area contributed by atoms with Crippen LogP contribution >= 0.6 is 0 Å². The van der Waals surface area contributed by atoms with Crippen LogP contribution in [-0.2, 0) is 0 Å². The molecule has 0 atom stereocenters. The molecule has 0 unspecified atom stereocenters. The zero-order chi connectivity index (χ0) is 9.52. The monoisotopic (exact) mass is 182 g/mol. The molecule has 5 heteroatoms. The number of aromatic amines is 1. The van der Waals surface area contributed by atoms with Crippen molar-refractivity contribution in [3.05, 3.63) is 16.6 Å². The Morgan fingerprint density at radius 1 is 1.54 bits per heavy atom. The first-order valence-electron chi connectivity index (χ1n) is 4.49. The molecule has 0 saturated heterocycles. The molecule has 0 saturated carbocycles. The molecule has 1 aromatic heterocycles. The van der Waals surface area contributed by atoms with Crippen LogP contribution in [0.4, 0.5) is 5.95 Å². The summed E-state index contributed by atoms with van der Waals surface area (Å²) in [7, 11) is 0. The van der Waals surface area contributed by atoms with E-state index in [2.05, 4.69) is 27.4 Å². The van der Waals surface area contributed by atoms with E-state index in [1.807, 2.05) is 0 Å². The van der Waals surface area contributed by atoms with Crippen molar-refractivity contribution in [2.24, 2.45) is 0 Å². The highest BCUT2D eigenvalue weighted by Gasteiger charge is 1.93. The summed E-state index contributed by atoms with van der Waals surface area (Å²) in [6.45, 7) is 2.96. The number of hydrogen-bond donors (Lipinski definition) is 2. The van der Waals surface area contributed by atoms with Gasteiger partial charge in [-0.1, -0.05) is 19.8 Å². The van der Waals surface area contributed by atoms with E-state index < -0.39 is 0 Å². The SMILES string of the molecule is CCCCCNc1nncc(=O)[nH]1. The maximum absolute atomic E-state index is 10.8. The Balaban J connectivity index is 2.33. The number of H-pyrrole nitrogens is 1. The largest absolute Gasteiger partial charge is 0.354 e. The molecule has 0 bridgehead atoms. The van der Waals surface area contributed by atoms with Gasteiger partial charge in [0.25, 0.3) is 5.56 Å². The highest BCUT2D eigenvalue weighted by molar-refractivity contribution is 5.19. The molecule has 1 heterocycles. The molecule has 1 aromatic rings. The molecule has 0 aliphatic rings. The van der Waals surface area contributed by atoms with Crippen molar-refractivity contribution < 1.29 is 0 Å². The predicted molar refractivity (Wildman–Crippen MR) is 50.7 cm³/mol. The second-order valence-corrected chi connectivity index (χ2v) is 2.82. The Kier molecular flexibility index (Phi) is 3.95. The van der Waals surface area contributed by atoms with E-state index >= 15 is 0 Å². The van der Waals surface area contributed by atoms with E-state index in [0.29, 0.717) is 5.95 Å². The van der Waals surface area contributed by atoms with Gasteiger partial charge in [0.1, 0.15) is 6.20 Å². The second kappa shape index (κ2) is 5.29. The van der Waals surface area contributed by atoms with Crippen LogP contribution in [0.25, 0.3) is 0 Å². The Morgan fingerprint density at radius 3 is 3.08 bits per heavy atom. The van der Waals surface area contributed by atoms with E-state index in [4.69, 9.17) is 0 Å². The maximum Gasteiger partial charge on any atom is 0.271 e. The maximum atomic E-state index is 10.8. The number of nitrogens with one attached hydrogen (secondary N) is 2. The van der Waals surface area contributed by atoms with E-state index in [0.717, 1.165) is 19.2 Å². The third-order valence-electron chi connectivity index (χ3n) is 1.65. The summed E-state index contributed by atoms with van der Waals surface area (Å²) in [5, 5.41) is 10.2. The quantitative estimate of drug-likeness (QED) is 0.660. The van der Waals surface area contributed by atoms with E-state index in [-0.39, 0.29) is 5.56 Å². The van der Waals surface area contributed by atoms with Crippen LogP contribution in [0.2, 0.25) is 0 Å². The summed E-state index contributed by atoms with van der Waals surface area (Å²) < 4.78 is 0. The standard InChI is InChI=1S/C8H14N4O/c1-2-3-4-5-9-8-11-7(13)6-10-12-8/h6H,2-5H2,1H3,(H2,9,11,12,13).